The Balaban J connectivity index is 1.84. The molecule has 0 bridgehead atoms. The van der Waals surface area contributed by atoms with Gasteiger partial charge in [0.25, 0.3) is 5.91 Å². The SMILES string of the molecule is COc1ccc(C(=O)NOC(=O)C=Cc2cccs2)cc1. The van der Waals surface area contributed by atoms with Crippen molar-refractivity contribution in [3.8, 4) is 5.75 Å². The lowest BCUT2D eigenvalue weighted by Crippen LogP contribution is -2.26. The van der Waals surface area contributed by atoms with Crippen molar-refractivity contribution in [1.29, 1.82) is 0 Å². The summed E-state index contributed by atoms with van der Waals surface area (Å²) in [7, 11) is 1.54. The van der Waals surface area contributed by atoms with Crippen molar-refractivity contribution < 1.29 is 19.2 Å². The van der Waals surface area contributed by atoms with Crippen molar-refractivity contribution in [3.63, 3.8) is 0 Å². The Kier molecular flexibility index (Phi) is 5.11. The monoisotopic (exact) mass is 303 g/mol. The zero-order valence-electron chi connectivity index (χ0n) is 11.2. The number of hydroxylamine groups is 1. The van der Waals surface area contributed by atoms with E-state index in [1.54, 1.807) is 30.3 Å². The number of carbonyl (C=O) groups is 2. The summed E-state index contributed by atoms with van der Waals surface area (Å²) in [6.07, 6.45) is 2.87. The molecule has 6 heteroatoms. The number of hydrogen-bond acceptors (Lipinski definition) is 5. The molecule has 0 unspecified atom stereocenters. The average molecular weight is 303 g/mol. The van der Waals surface area contributed by atoms with Gasteiger partial charge in [-0.25, -0.2) is 4.79 Å². The molecule has 108 valence electrons. The van der Waals surface area contributed by atoms with Gasteiger partial charge in [-0.05, 0) is 41.8 Å². The fourth-order valence-corrected chi connectivity index (χ4v) is 2.09. The molecule has 1 aromatic carbocycles. The summed E-state index contributed by atoms with van der Waals surface area (Å²) in [6, 6.07) is 10.2. The van der Waals surface area contributed by atoms with E-state index in [1.165, 1.54) is 24.5 Å². The quantitative estimate of drug-likeness (QED) is 0.696. The third-order valence-corrected chi connectivity index (χ3v) is 3.36. The number of benzene rings is 1. The first-order valence-corrected chi connectivity index (χ1v) is 6.94. The molecule has 0 aliphatic carbocycles. The van der Waals surface area contributed by atoms with Crippen molar-refractivity contribution in [2.24, 2.45) is 0 Å². The van der Waals surface area contributed by atoms with Gasteiger partial charge in [-0.15, -0.1) is 11.3 Å². The van der Waals surface area contributed by atoms with E-state index in [1.807, 2.05) is 17.5 Å². The summed E-state index contributed by atoms with van der Waals surface area (Å²) in [5.41, 5.74) is 2.46. The van der Waals surface area contributed by atoms with Crippen LogP contribution in [0.5, 0.6) is 5.75 Å². The predicted octanol–water partition coefficient (Wildman–Crippen LogP) is 2.66. The zero-order chi connectivity index (χ0) is 15.1. The molecular formula is C15H13NO4S. The lowest BCUT2D eigenvalue weighted by atomic mass is 10.2. The third kappa shape index (κ3) is 4.47. The van der Waals surface area contributed by atoms with Crippen LogP contribution in [-0.2, 0) is 9.63 Å². The maximum absolute atomic E-state index is 11.7. The van der Waals surface area contributed by atoms with E-state index in [9.17, 15) is 9.59 Å². The molecule has 0 spiro atoms. The molecule has 0 atom stereocenters. The van der Waals surface area contributed by atoms with Gasteiger partial charge in [0.05, 0.1) is 7.11 Å². The van der Waals surface area contributed by atoms with E-state index >= 15 is 0 Å². The Morgan fingerprint density at radius 3 is 2.57 bits per heavy atom. The van der Waals surface area contributed by atoms with Gasteiger partial charge in [0.1, 0.15) is 5.75 Å². The highest BCUT2D eigenvalue weighted by molar-refractivity contribution is 7.10. The van der Waals surface area contributed by atoms with E-state index in [-0.39, 0.29) is 0 Å². The molecule has 1 aromatic heterocycles. The standard InChI is InChI=1S/C15H13NO4S/c1-19-12-6-4-11(5-7-12)15(18)16-20-14(17)9-8-13-3-2-10-21-13/h2-10H,1H3,(H,16,18). The molecule has 0 aliphatic rings. The van der Waals surface area contributed by atoms with Crippen molar-refractivity contribution in [2.75, 3.05) is 7.11 Å². The van der Waals surface area contributed by atoms with Gasteiger partial charge in [-0.1, -0.05) is 6.07 Å². The van der Waals surface area contributed by atoms with Crippen LogP contribution in [0.25, 0.3) is 6.08 Å². The van der Waals surface area contributed by atoms with Crippen molar-refractivity contribution in [2.45, 2.75) is 0 Å². The predicted molar refractivity (Wildman–Crippen MR) is 79.9 cm³/mol. The molecular weight excluding hydrogens is 290 g/mol. The van der Waals surface area contributed by atoms with Crippen molar-refractivity contribution in [3.05, 3.63) is 58.3 Å². The highest BCUT2D eigenvalue weighted by Crippen LogP contribution is 2.11. The summed E-state index contributed by atoms with van der Waals surface area (Å²) < 4.78 is 4.99. The van der Waals surface area contributed by atoms with Crippen molar-refractivity contribution in [1.82, 2.24) is 5.48 Å². The first-order chi connectivity index (χ1) is 10.2. The summed E-state index contributed by atoms with van der Waals surface area (Å²) in [6.45, 7) is 0. The number of hydrogen-bond donors (Lipinski definition) is 1. The molecule has 1 amide bonds. The minimum absolute atomic E-state index is 0.367. The van der Waals surface area contributed by atoms with Gasteiger partial charge in [-0.2, -0.15) is 5.48 Å². The Hall–Kier alpha value is -2.60. The van der Waals surface area contributed by atoms with Crippen LogP contribution < -0.4 is 10.2 Å². The minimum atomic E-state index is -0.648. The van der Waals surface area contributed by atoms with Gasteiger partial charge in [0.15, 0.2) is 0 Å². The lowest BCUT2D eigenvalue weighted by molar-refractivity contribution is -0.142. The van der Waals surface area contributed by atoms with Crippen LogP contribution in [0.1, 0.15) is 15.2 Å². The number of methoxy groups -OCH3 is 1. The highest BCUT2D eigenvalue weighted by atomic mass is 32.1. The maximum Gasteiger partial charge on any atom is 0.355 e. The second kappa shape index (κ2) is 7.25. The second-order valence-electron chi connectivity index (χ2n) is 3.93. The summed E-state index contributed by atoms with van der Waals surface area (Å²) in [4.78, 5) is 28.8. The fraction of sp³-hybridized carbons (Fsp3) is 0.0667. The van der Waals surface area contributed by atoms with Crippen molar-refractivity contribution >= 4 is 29.3 Å². The Bertz CT molecular complexity index is 632. The molecule has 0 saturated heterocycles. The fourth-order valence-electron chi connectivity index (χ4n) is 1.47. The third-order valence-electron chi connectivity index (χ3n) is 2.52. The van der Waals surface area contributed by atoms with Gasteiger partial charge in [-0.3, -0.25) is 4.79 Å². The van der Waals surface area contributed by atoms with E-state index in [4.69, 9.17) is 4.74 Å². The van der Waals surface area contributed by atoms with Gasteiger partial charge >= 0.3 is 5.97 Å². The van der Waals surface area contributed by atoms with Crippen LogP contribution in [0, 0.1) is 0 Å². The molecule has 0 saturated carbocycles. The van der Waals surface area contributed by atoms with Crippen LogP contribution in [0.2, 0.25) is 0 Å². The first kappa shape index (κ1) is 14.8. The maximum atomic E-state index is 11.7. The number of carbonyl (C=O) groups excluding carboxylic acids is 2. The van der Waals surface area contributed by atoms with Gasteiger partial charge in [0, 0.05) is 16.5 Å². The van der Waals surface area contributed by atoms with Gasteiger partial charge < -0.3 is 9.57 Å². The van der Waals surface area contributed by atoms with Crippen LogP contribution in [0.3, 0.4) is 0 Å². The van der Waals surface area contributed by atoms with E-state index in [0.717, 1.165) is 4.88 Å². The van der Waals surface area contributed by atoms with E-state index in [2.05, 4.69) is 10.3 Å². The van der Waals surface area contributed by atoms with E-state index < -0.39 is 11.9 Å². The number of thiophene rings is 1. The van der Waals surface area contributed by atoms with Crippen LogP contribution in [0.4, 0.5) is 0 Å². The largest absolute Gasteiger partial charge is 0.497 e. The number of amides is 1. The van der Waals surface area contributed by atoms with Crippen LogP contribution in [0.15, 0.2) is 47.9 Å². The molecule has 1 heterocycles. The van der Waals surface area contributed by atoms with Crippen LogP contribution >= 0.6 is 11.3 Å². The summed E-state index contributed by atoms with van der Waals surface area (Å²) >= 11 is 1.50. The number of rotatable bonds is 4. The smallest absolute Gasteiger partial charge is 0.355 e. The zero-order valence-corrected chi connectivity index (χ0v) is 12.1. The Labute approximate surface area is 125 Å². The van der Waals surface area contributed by atoms with Crippen LogP contribution in [-0.4, -0.2) is 19.0 Å². The first-order valence-electron chi connectivity index (χ1n) is 6.06. The average Bonchev–Trinajstić information content (AvgIpc) is 3.04. The summed E-state index contributed by atoms with van der Waals surface area (Å²) in [5.74, 6) is -0.511. The molecule has 5 nitrogen and oxygen atoms in total. The summed E-state index contributed by atoms with van der Waals surface area (Å²) in [5, 5.41) is 1.90. The molecule has 0 radical (unpaired) electrons. The minimum Gasteiger partial charge on any atom is -0.497 e. The van der Waals surface area contributed by atoms with Gasteiger partial charge in [0.2, 0.25) is 0 Å². The lowest BCUT2D eigenvalue weighted by Gasteiger charge is -2.04. The molecule has 2 rings (SSSR count). The highest BCUT2D eigenvalue weighted by Gasteiger charge is 2.07. The molecule has 0 aliphatic heterocycles. The topological polar surface area (TPSA) is 64.6 Å². The molecule has 21 heavy (non-hydrogen) atoms. The number of nitrogens with one attached hydrogen (secondary N) is 1. The molecule has 2 aromatic rings. The normalized spacial score (nSPS) is 10.3. The molecule has 1 N–H and O–H groups in total. The number of ether oxygens (including phenoxy) is 1. The second-order valence-corrected chi connectivity index (χ2v) is 4.91. The van der Waals surface area contributed by atoms with E-state index in [0.29, 0.717) is 11.3 Å². The molecule has 0 fully saturated rings. The Morgan fingerprint density at radius 2 is 1.95 bits per heavy atom. The Morgan fingerprint density at radius 1 is 1.19 bits per heavy atom.